The van der Waals surface area contributed by atoms with Gasteiger partial charge in [0.05, 0.1) is 26.1 Å². The van der Waals surface area contributed by atoms with Gasteiger partial charge in [-0.2, -0.15) is 0 Å². The Morgan fingerprint density at radius 2 is 1.89 bits per heavy atom. The van der Waals surface area contributed by atoms with Crippen molar-refractivity contribution < 1.29 is 14.3 Å². The molecule has 0 aliphatic carbocycles. The molecule has 7 nitrogen and oxygen atoms in total. The van der Waals surface area contributed by atoms with Crippen molar-refractivity contribution in [3.63, 3.8) is 0 Å². The van der Waals surface area contributed by atoms with E-state index in [-0.39, 0.29) is 5.91 Å². The van der Waals surface area contributed by atoms with Crippen LogP contribution in [0.25, 0.3) is 0 Å². The van der Waals surface area contributed by atoms with Crippen LogP contribution in [0.2, 0.25) is 0 Å². The molecule has 0 fully saturated rings. The number of hydrogen-bond acceptors (Lipinski definition) is 6. The third kappa shape index (κ3) is 6.79. The number of methoxy groups -OCH3 is 2. The summed E-state index contributed by atoms with van der Waals surface area (Å²) in [4.78, 5) is 18.5. The molecule has 0 aliphatic rings. The minimum absolute atomic E-state index is 0.0781. The van der Waals surface area contributed by atoms with Crippen molar-refractivity contribution in [3.05, 3.63) is 42.1 Å². The molecule has 0 unspecified atom stereocenters. The molecule has 0 saturated heterocycles. The van der Waals surface area contributed by atoms with Crippen molar-refractivity contribution in [2.45, 2.75) is 12.8 Å². The highest BCUT2D eigenvalue weighted by atomic mass is 16.5. The third-order valence-corrected chi connectivity index (χ3v) is 4.01. The molecule has 0 atom stereocenters. The van der Waals surface area contributed by atoms with Crippen LogP contribution in [-0.2, 0) is 11.2 Å². The predicted octanol–water partition coefficient (Wildman–Crippen LogP) is 2.64. The molecular formula is C20H28N4O3. The van der Waals surface area contributed by atoms with Crippen molar-refractivity contribution >= 4 is 17.4 Å². The van der Waals surface area contributed by atoms with Gasteiger partial charge in [0.25, 0.3) is 0 Å². The van der Waals surface area contributed by atoms with Crippen LogP contribution in [0.15, 0.2) is 36.5 Å². The first-order valence-corrected chi connectivity index (χ1v) is 8.87. The Hall–Kier alpha value is -2.80. The SMILES string of the molecule is COc1ccc(CCC(=O)Nc2ccc(NCCN(C)C)cn2)cc1OC. The summed E-state index contributed by atoms with van der Waals surface area (Å²) in [6.07, 6.45) is 2.69. The lowest BCUT2D eigenvalue weighted by molar-refractivity contribution is -0.116. The lowest BCUT2D eigenvalue weighted by Gasteiger charge is -2.11. The maximum atomic E-state index is 12.2. The monoisotopic (exact) mass is 372 g/mol. The topological polar surface area (TPSA) is 75.7 Å². The summed E-state index contributed by atoms with van der Waals surface area (Å²) in [5.41, 5.74) is 1.94. The second-order valence-corrected chi connectivity index (χ2v) is 6.40. The standard InChI is InChI=1S/C20H28N4O3/c1-24(2)12-11-21-16-7-9-19(22-14-16)23-20(25)10-6-15-5-8-17(26-3)18(13-15)27-4/h5,7-9,13-14,21H,6,10-12H2,1-4H3,(H,22,23,25). The average Bonchev–Trinajstić information content (AvgIpc) is 2.67. The summed E-state index contributed by atoms with van der Waals surface area (Å²) in [5.74, 6) is 1.81. The molecule has 2 N–H and O–H groups in total. The number of aromatic nitrogens is 1. The summed E-state index contributed by atoms with van der Waals surface area (Å²) in [6, 6.07) is 9.37. The number of nitrogens with one attached hydrogen (secondary N) is 2. The molecule has 7 heteroatoms. The van der Waals surface area contributed by atoms with E-state index >= 15 is 0 Å². The Bertz CT molecular complexity index is 733. The Balaban J connectivity index is 1.81. The quantitative estimate of drug-likeness (QED) is 0.668. The van der Waals surface area contributed by atoms with Crippen molar-refractivity contribution in [1.29, 1.82) is 0 Å². The van der Waals surface area contributed by atoms with E-state index in [4.69, 9.17) is 9.47 Å². The normalized spacial score (nSPS) is 10.6. The van der Waals surface area contributed by atoms with E-state index in [0.717, 1.165) is 24.3 Å². The van der Waals surface area contributed by atoms with Crippen LogP contribution in [0.1, 0.15) is 12.0 Å². The van der Waals surface area contributed by atoms with Crippen LogP contribution < -0.4 is 20.1 Å². The Kier molecular flexibility index (Phi) is 7.88. The van der Waals surface area contributed by atoms with Crippen molar-refractivity contribution in [3.8, 4) is 11.5 Å². The number of ether oxygens (including phenoxy) is 2. The molecule has 1 aromatic heterocycles. The number of pyridine rings is 1. The van der Waals surface area contributed by atoms with Crippen LogP contribution in [0, 0.1) is 0 Å². The van der Waals surface area contributed by atoms with Gasteiger partial charge in [-0.1, -0.05) is 6.07 Å². The smallest absolute Gasteiger partial charge is 0.225 e. The molecule has 0 spiro atoms. The van der Waals surface area contributed by atoms with Crippen molar-refractivity contribution in [1.82, 2.24) is 9.88 Å². The molecule has 27 heavy (non-hydrogen) atoms. The zero-order valence-electron chi connectivity index (χ0n) is 16.4. The van der Waals surface area contributed by atoms with Crippen LogP contribution in [0.4, 0.5) is 11.5 Å². The summed E-state index contributed by atoms with van der Waals surface area (Å²) in [5, 5.41) is 6.11. The second-order valence-electron chi connectivity index (χ2n) is 6.40. The number of carbonyl (C=O) groups excluding carboxylic acids is 1. The number of nitrogens with zero attached hydrogens (tertiary/aromatic N) is 2. The maximum Gasteiger partial charge on any atom is 0.225 e. The fraction of sp³-hybridized carbons (Fsp3) is 0.400. The van der Waals surface area contributed by atoms with E-state index in [1.807, 2.05) is 38.4 Å². The molecule has 2 rings (SSSR count). The van der Waals surface area contributed by atoms with E-state index in [0.29, 0.717) is 30.2 Å². The lowest BCUT2D eigenvalue weighted by atomic mass is 10.1. The van der Waals surface area contributed by atoms with Gasteiger partial charge in [-0.15, -0.1) is 0 Å². The molecule has 0 aliphatic heterocycles. The fourth-order valence-electron chi connectivity index (χ4n) is 2.50. The first-order valence-electron chi connectivity index (χ1n) is 8.87. The molecule has 146 valence electrons. The Morgan fingerprint density at radius 3 is 2.52 bits per heavy atom. The first kappa shape index (κ1) is 20.5. The Labute approximate surface area is 160 Å². The highest BCUT2D eigenvalue weighted by molar-refractivity contribution is 5.89. The number of amides is 1. The lowest BCUT2D eigenvalue weighted by Crippen LogP contribution is -2.20. The van der Waals surface area contributed by atoms with Gasteiger partial charge in [0.1, 0.15) is 5.82 Å². The van der Waals surface area contributed by atoms with Gasteiger partial charge in [0.2, 0.25) is 5.91 Å². The zero-order chi connectivity index (χ0) is 19.6. The highest BCUT2D eigenvalue weighted by Crippen LogP contribution is 2.28. The number of benzene rings is 1. The summed E-state index contributed by atoms with van der Waals surface area (Å²) < 4.78 is 10.5. The summed E-state index contributed by atoms with van der Waals surface area (Å²) in [7, 11) is 7.25. The van der Waals surface area contributed by atoms with Crippen LogP contribution in [0.3, 0.4) is 0 Å². The van der Waals surface area contributed by atoms with Gasteiger partial charge in [-0.25, -0.2) is 4.98 Å². The van der Waals surface area contributed by atoms with Gasteiger partial charge in [-0.05, 0) is 50.3 Å². The predicted molar refractivity (Wildman–Crippen MR) is 108 cm³/mol. The van der Waals surface area contributed by atoms with Gasteiger partial charge in [0, 0.05) is 19.5 Å². The van der Waals surface area contributed by atoms with Crippen molar-refractivity contribution in [2.75, 3.05) is 52.0 Å². The largest absolute Gasteiger partial charge is 0.493 e. The minimum Gasteiger partial charge on any atom is -0.493 e. The molecule has 1 heterocycles. The minimum atomic E-state index is -0.0781. The van der Waals surface area contributed by atoms with Crippen molar-refractivity contribution in [2.24, 2.45) is 0 Å². The number of carbonyl (C=O) groups is 1. The van der Waals surface area contributed by atoms with E-state index in [1.54, 1.807) is 26.5 Å². The summed E-state index contributed by atoms with van der Waals surface area (Å²) in [6.45, 7) is 1.78. The number of rotatable bonds is 10. The molecule has 1 amide bonds. The van der Waals surface area contributed by atoms with Gasteiger partial charge >= 0.3 is 0 Å². The number of anilines is 2. The average molecular weight is 372 g/mol. The summed E-state index contributed by atoms with van der Waals surface area (Å²) >= 11 is 0. The second kappa shape index (κ2) is 10.4. The van der Waals surface area contributed by atoms with Crippen LogP contribution in [-0.4, -0.2) is 57.2 Å². The molecule has 0 radical (unpaired) electrons. The fourth-order valence-corrected chi connectivity index (χ4v) is 2.50. The van der Waals surface area contributed by atoms with E-state index in [9.17, 15) is 4.79 Å². The number of aryl methyl sites for hydroxylation is 1. The molecule has 0 saturated carbocycles. The maximum absolute atomic E-state index is 12.2. The zero-order valence-corrected chi connectivity index (χ0v) is 16.4. The van der Waals surface area contributed by atoms with E-state index in [1.165, 1.54) is 0 Å². The third-order valence-electron chi connectivity index (χ3n) is 4.01. The first-order chi connectivity index (χ1) is 13.0. The Morgan fingerprint density at radius 1 is 1.11 bits per heavy atom. The molecular weight excluding hydrogens is 344 g/mol. The molecule has 1 aromatic carbocycles. The highest BCUT2D eigenvalue weighted by Gasteiger charge is 2.08. The van der Waals surface area contributed by atoms with E-state index < -0.39 is 0 Å². The van der Waals surface area contributed by atoms with Gasteiger partial charge in [-0.3, -0.25) is 4.79 Å². The van der Waals surface area contributed by atoms with E-state index in [2.05, 4.69) is 20.5 Å². The van der Waals surface area contributed by atoms with Gasteiger partial charge < -0.3 is 25.0 Å². The van der Waals surface area contributed by atoms with Crippen LogP contribution in [0.5, 0.6) is 11.5 Å². The number of likely N-dealkylation sites (N-methyl/N-ethyl adjacent to an activating group) is 1. The van der Waals surface area contributed by atoms with Gasteiger partial charge in [0.15, 0.2) is 11.5 Å². The molecule has 0 bridgehead atoms. The van der Waals surface area contributed by atoms with Crippen LogP contribution >= 0.6 is 0 Å². The number of hydrogen-bond donors (Lipinski definition) is 2. The molecule has 2 aromatic rings.